The second-order valence-corrected chi connectivity index (χ2v) is 8.46. The number of nitrogens with one attached hydrogen (secondary N) is 1. The molecule has 1 aliphatic rings. The van der Waals surface area contributed by atoms with Crippen LogP contribution < -0.4 is 10.2 Å². The summed E-state index contributed by atoms with van der Waals surface area (Å²) in [5, 5.41) is 13.0. The summed E-state index contributed by atoms with van der Waals surface area (Å²) in [5.74, 6) is 0.795. The highest BCUT2D eigenvalue weighted by atomic mass is 79.9. The molecule has 1 fully saturated rings. The standard InChI is InChI=1S/C22H19BrClN5O2/c23-16-3-7-18(8-4-16)26-20(30)14-28-9-11-29(12-10-28)22-19(13-25)27-21(31-22)15-1-5-17(24)6-2-15/h1-8H,9-12,14H2,(H,26,30). The summed E-state index contributed by atoms with van der Waals surface area (Å²) in [6.07, 6.45) is 0. The first-order chi connectivity index (χ1) is 15.0. The summed E-state index contributed by atoms with van der Waals surface area (Å²) >= 11 is 9.32. The highest BCUT2D eigenvalue weighted by Crippen LogP contribution is 2.29. The van der Waals surface area contributed by atoms with E-state index in [1.807, 2.05) is 29.2 Å². The molecule has 7 nitrogen and oxygen atoms in total. The first kappa shape index (κ1) is 21.4. The Labute approximate surface area is 193 Å². The quantitative estimate of drug-likeness (QED) is 0.559. The topological polar surface area (TPSA) is 85.4 Å². The highest BCUT2D eigenvalue weighted by Gasteiger charge is 2.25. The lowest BCUT2D eigenvalue weighted by Gasteiger charge is -2.34. The molecule has 0 spiro atoms. The number of nitrogens with zero attached hydrogens (tertiary/aromatic N) is 4. The maximum Gasteiger partial charge on any atom is 0.238 e. The molecular formula is C22H19BrClN5O2. The lowest BCUT2D eigenvalue weighted by molar-refractivity contribution is -0.117. The maximum absolute atomic E-state index is 12.3. The molecule has 0 atom stereocenters. The molecule has 3 aromatic rings. The van der Waals surface area contributed by atoms with Gasteiger partial charge in [0.1, 0.15) is 6.07 Å². The van der Waals surface area contributed by atoms with Gasteiger partial charge in [-0.25, -0.2) is 0 Å². The van der Waals surface area contributed by atoms with Gasteiger partial charge in [-0.05, 0) is 48.5 Å². The Morgan fingerprint density at radius 3 is 2.45 bits per heavy atom. The van der Waals surface area contributed by atoms with Crippen LogP contribution in [-0.2, 0) is 4.79 Å². The number of rotatable bonds is 5. The average molecular weight is 501 g/mol. The van der Waals surface area contributed by atoms with Crippen molar-refractivity contribution in [2.45, 2.75) is 0 Å². The Morgan fingerprint density at radius 1 is 1.13 bits per heavy atom. The van der Waals surface area contributed by atoms with Gasteiger partial charge in [-0.15, -0.1) is 0 Å². The number of hydrogen-bond acceptors (Lipinski definition) is 6. The molecule has 9 heteroatoms. The van der Waals surface area contributed by atoms with Gasteiger partial charge in [0.2, 0.25) is 23.4 Å². The van der Waals surface area contributed by atoms with Gasteiger partial charge in [0.25, 0.3) is 0 Å². The zero-order valence-corrected chi connectivity index (χ0v) is 18.9. The first-order valence-corrected chi connectivity index (χ1v) is 10.9. The fourth-order valence-corrected chi connectivity index (χ4v) is 3.75. The number of amides is 1. The molecule has 0 unspecified atom stereocenters. The molecule has 4 rings (SSSR count). The molecule has 0 aliphatic carbocycles. The summed E-state index contributed by atoms with van der Waals surface area (Å²) in [6, 6.07) is 16.7. The van der Waals surface area contributed by atoms with Gasteiger partial charge < -0.3 is 14.6 Å². The molecule has 1 aliphatic heterocycles. The van der Waals surface area contributed by atoms with E-state index < -0.39 is 0 Å². The summed E-state index contributed by atoms with van der Waals surface area (Å²) in [4.78, 5) is 20.7. The van der Waals surface area contributed by atoms with Gasteiger partial charge in [0.05, 0.1) is 6.54 Å². The Hall–Kier alpha value is -2.86. The second-order valence-electron chi connectivity index (χ2n) is 7.11. The van der Waals surface area contributed by atoms with Crippen molar-refractivity contribution in [2.75, 3.05) is 42.9 Å². The van der Waals surface area contributed by atoms with Crippen LogP contribution in [0.2, 0.25) is 5.02 Å². The summed E-state index contributed by atoms with van der Waals surface area (Å²) in [7, 11) is 0. The predicted octanol–water partition coefficient (Wildman–Crippen LogP) is 4.39. The number of carbonyl (C=O) groups is 1. The third-order valence-electron chi connectivity index (χ3n) is 4.96. The minimum absolute atomic E-state index is 0.0572. The van der Waals surface area contributed by atoms with Crippen LogP contribution in [0, 0.1) is 11.3 Å². The number of nitriles is 1. The van der Waals surface area contributed by atoms with Crippen LogP contribution in [0.15, 0.2) is 57.4 Å². The molecule has 1 aromatic heterocycles. The largest absolute Gasteiger partial charge is 0.419 e. The van der Waals surface area contributed by atoms with Crippen molar-refractivity contribution in [3.05, 3.63) is 63.7 Å². The number of anilines is 2. The zero-order chi connectivity index (χ0) is 21.8. The summed E-state index contributed by atoms with van der Waals surface area (Å²) in [5.41, 5.74) is 1.78. The van der Waals surface area contributed by atoms with Crippen LogP contribution in [0.3, 0.4) is 0 Å². The Kier molecular flexibility index (Phi) is 6.56. The van der Waals surface area contributed by atoms with Crippen LogP contribution in [0.4, 0.5) is 11.6 Å². The molecule has 2 heterocycles. The van der Waals surface area contributed by atoms with Gasteiger partial charge in [-0.3, -0.25) is 9.69 Å². The van der Waals surface area contributed by atoms with E-state index in [1.54, 1.807) is 24.3 Å². The minimum Gasteiger partial charge on any atom is -0.419 e. The van der Waals surface area contributed by atoms with E-state index in [1.165, 1.54) is 0 Å². The average Bonchev–Trinajstić information content (AvgIpc) is 3.21. The van der Waals surface area contributed by atoms with Crippen molar-refractivity contribution in [1.29, 1.82) is 5.26 Å². The van der Waals surface area contributed by atoms with Crippen LogP contribution in [-0.4, -0.2) is 48.5 Å². The Bertz CT molecular complexity index is 1100. The molecule has 0 bridgehead atoms. The van der Waals surface area contributed by atoms with Crippen LogP contribution >= 0.6 is 27.5 Å². The Morgan fingerprint density at radius 2 is 1.81 bits per heavy atom. The van der Waals surface area contributed by atoms with E-state index in [-0.39, 0.29) is 11.6 Å². The minimum atomic E-state index is -0.0572. The van der Waals surface area contributed by atoms with Crippen molar-refractivity contribution < 1.29 is 9.21 Å². The first-order valence-electron chi connectivity index (χ1n) is 9.71. The third-order valence-corrected chi connectivity index (χ3v) is 5.74. The monoisotopic (exact) mass is 499 g/mol. The molecule has 1 N–H and O–H groups in total. The zero-order valence-electron chi connectivity index (χ0n) is 16.5. The van der Waals surface area contributed by atoms with Crippen LogP contribution in [0.25, 0.3) is 11.5 Å². The van der Waals surface area contributed by atoms with Crippen molar-refractivity contribution >= 4 is 45.0 Å². The van der Waals surface area contributed by atoms with E-state index in [2.05, 4.69) is 37.2 Å². The maximum atomic E-state index is 12.3. The number of aromatic nitrogens is 1. The van der Waals surface area contributed by atoms with Gasteiger partial charge in [0, 0.05) is 46.9 Å². The van der Waals surface area contributed by atoms with E-state index in [4.69, 9.17) is 16.0 Å². The molecule has 0 saturated carbocycles. The van der Waals surface area contributed by atoms with E-state index in [0.29, 0.717) is 49.5 Å². The fourth-order valence-electron chi connectivity index (χ4n) is 3.36. The fraction of sp³-hybridized carbons (Fsp3) is 0.227. The summed E-state index contributed by atoms with van der Waals surface area (Å²) < 4.78 is 6.89. The van der Waals surface area contributed by atoms with Crippen LogP contribution in [0.5, 0.6) is 0 Å². The SMILES string of the molecule is N#Cc1nc(-c2ccc(Cl)cc2)oc1N1CCN(CC(=O)Nc2ccc(Br)cc2)CC1. The van der Waals surface area contributed by atoms with E-state index in [0.717, 1.165) is 15.7 Å². The van der Waals surface area contributed by atoms with Gasteiger partial charge in [-0.1, -0.05) is 27.5 Å². The Balaban J connectivity index is 1.36. The number of oxazole rings is 1. The molecule has 1 amide bonds. The number of piperazine rings is 1. The van der Waals surface area contributed by atoms with Crippen molar-refractivity contribution in [3.8, 4) is 17.5 Å². The molecular weight excluding hydrogens is 482 g/mol. The molecule has 158 valence electrons. The summed E-state index contributed by atoms with van der Waals surface area (Å²) in [6.45, 7) is 2.93. The van der Waals surface area contributed by atoms with Crippen LogP contribution in [0.1, 0.15) is 5.69 Å². The smallest absolute Gasteiger partial charge is 0.238 e. The predicted molar refractivity (Wildman–Crippen MR) is 123 cm³/mol. The van der Waals surface area contributed by atoms with Gasteiger partial charge >= 0.3 is 0 Å². The molecule has 2 aromatic carbocycles. The normalized spacial score (nSPS) is 14.3. The van der Waals surface area contributed by atoms with E-state index >= 15 is 0 Å². The number of benzene rings is 2. The molecule has 0 radical (unpaired) electrons. The lowest BCUT2D eigenvalue weighted by atomic mass is 10.2. The molecule has 1 saturated heterocycles. The van der Waals surface area contributed by atoms with Crippen molar-refractivity contribution in [1.82, 2.24) is 9.88 Å². The van der Waals surface area contributed by atoms with Gasteiger partial charge in [0.15, 0.2) is 0 Å². The molecule has 31 heavy (non-hydrogen) atoms. The number of carbonyl (C=O) groups excluding carboxylic acids is 1. The third kappa shape index (κ3) is 5.25. The van der Waals surface area contributed by atoms with E-state index in [9.17, 15) is 10.1 Å². The van der Waals surface area contributed by atoms with Crippen molar-refractivity contribution in [2.24, 2.45) is 0 Å². The number of hydrogen-bond donors (Lipinski definition) is 1. The highest BCUT2D eigenvalue weighted by molar-refractivity contribution is 9.10. The lowest BCUT2D eigenvalue weighted by Crippen LogP contribution is -2.48. The van der Waals surface area contributed by atoms with Gasteiger partial charge in [-0.2, -0.15) is 10.2 Å². The second kappa shape index (κ2) is 9.52. The number of halogens is 2. The van der Waals surface area contributed by atoms with Crippen molar-refractivity contribution in [3.63, 3.8) is 0 Å².